The summed E-state index contributed by atoms with van der Waals surface area (Å²) >= 11 is 4.50. The van der Waals surface area contributed by atoms with Gasteiger partial charge in [0.05, 0.1) is 30.4 Å². The third kappa shape index (κ3) is 4.39. The van der Waals surface area contributed by atoms with Crippen LogP contribution in [0.1, 0.15) is 27.8 Å². The lowest BCUT2D eigenvalue weighted by atomic mass is 10.2. The zero-order valence-electron chi connectivity index (χ0n) is 17.6. The summed E-state index contributed by atoms with van der Waals surface area (Å²) in [5, 5.41) is 9.48. The number of fused-ring (bicyclic) bond motifs is 1. The van der Waals surface area contributed by atoms with Gasteiger partial charge in [-0.2, -0.15) is 9.78 Å². The maximum absolute atomic E-state index is 13.5. The first kappa shape index (κ1) is 22.7. The number of halogens is 1. The van der Waals surface area contributed by atoms with Crippen molar-refractivity contribution in [2.45, 2.75) is 6.92 Å². The Bertz CT molecular complexity index is 1430. The van der Waals surface area contributed by atoms with E-state index < -0.39 is 17.4 Å². The van der Waals surface area contributed by atoms with Crippen molar-refractivity contribution in [1.82, 2.24) is 9.78 Å². The van der Waals surface area contributed by atoms with Gasteiger partial charge in [-0.25, -0.2) is 4.79 Å². The third-order valence-electron chi connectivity index (χ3n) is 4.76. The minimum Gasteiger partial charge on any atom is -0.497 e. The monoisotopic (exact) mass is 527 g/mol. The van der Waals surface area contributed by atoms with Crippen LogP contribution in [0.4, 0.5) is 5.00 Å². The highest BCUT2D eigenvalue weighted by molar-refractivity contribution is 9.10. The maximum Gasteiger partial charge on any atom is 0.359 e. The Morgan fingerprint density at radius 3 is 2.70 bits per heavy atom. The van der Waals surface area contributed by atoms with Crippen LogP contribution in [-0.2, 0) is 4.74 Å². The molecule has 10 heteroatoms. The molecule has 2 heterocycles. The number of carbonyl (C=O) groups is 2. The number of hydrogen-bond donors (Lipinski definition) is 1. The van der Waals surface area contributed by atoms with Crippen molar-refractivity contribution in [3.05, 3.63) is 80.0 Å². The number of ether oxygens (including phenoxy) is 2. The molecule has 0 bridgehead atoms. The Balaban J connectivity index is 1.90. The van der Waals surface area contributed by atoms with E-state index in [1.807, 2.05) is 0 Å². The second-order valence-electron chi connectivity index (χ2n) is 6.77. The SMILES string of the molecule is CCOC(=O)c1nn(-c2cccc(OC)c2)c(=O)c2c(NC(=O)c3ccccc3Br)scc12. The molecular weight excluding hydrogens is 510 g/mol. The number of rotatable bonds is 6. The number of nitrogens with zero attached hydrogens (tertiary/aromatic N) is 2. The number of thiophene rings is 1. The molecule has 0 aliphatic heterocycles. The van der Waals surface area contributed by atoms with Gasteiger partial charge in [-0.1, -0.05) is 18.2 Å². The number of amides is 1. The number of methoxy groups -OCH3 is 1. The molecule has 1 amide bonds. The first-order valence-corrected chi connectivity index (χ1v) is 11.5. The molecule has 168 valence electrons. The van der Waals surface area contributed by atoms with Gasteiger partial charge in [0.2, 0.25) is 0 Å². The second kappa shape index (κ2) is 9.55. The minimum absolute atomic E-state index is 0.0214. The smallest absolute Gasteiger partial charge is 0.359 e. The van der Waals surface area contributed by atoms with Gasteiger partial charge in [0.15, 0.2) is 5.69 Å². The number of hydrogen-bond acceptors (Lipinski definition) is 7. The molecule has 0 spiro atoms. The van der Waals surface area contributed by atoms with Gasteiger partial charge < -0.3 is 14.8 Å². The molecule has 0 aliphatic carbocycles. The summed E-state index contributed by atoms with van der Waals surface area (Å²) in [5.74, 6) is -0.541. The molecule has 4 aromatic rings. The van der Waals surface area contributed by atoms with E-state index in [4.69, 9.17) is 9.47 Å². The number of aromatic nitrogens is 2. The van der Waals surface area contributed by atoms with E-state index in [0.29, 0.717) is 31.9 Å². The second-order valence-corrected chi connectivity index (χ2v) is 8.51. The van der Waals surface area contributed by atoms with Crippen LogP contribution in [0.3, 0.4) is 0 Å². The van der Waals surface area contributed by atoms with Crippen molar-refractivity contribution in [3.8, 4) is 11.4 Å². The summed E-state index contributed by atoms with van der Waals surface area (Å²) in [6, 6.07) is 13.7. The van der Waals surface area contributed by atoms with Gasteiger partial charge in [-0.3, -0.25) is 9.59 Å². The summed E-state index contributed by atoms with van der Waals surface area (Å²) < 4.78 is 12.1. The highest BCUT2D eigenvalue weighted by atomic mass is 79.9. The summed E-state index contributed by atoms with van der Waals surface area (Å²) in [6.07, 6.45) is 0. The molecule has 4 rings (SSSR count). The summed E-state index contributed by atoms with van der Waals surface area (Å²) in [7, 11) is 1.51. The lowest BCUT2D eigenvalue weighted by Crippen LogP contribution is -2.25. The van der Waals surface area contributed by atoms with E-state index in [1.165, 1.54) is 7.11 Å². The molecule has 8 nitrogen and oxygen atoms in total. The van der Waals surface area contributed by atoms with Crippen LogP contribution in [0.15, 0.2) is 63.2 Å². The Morgan fingerprint density at radius 2 is 1.97 bits per heavy atom. The normalized spacial score (nSPS) is 10.8. The fourth-order valence-electron chi connectivity index (χ4n) is 3.22. The summed E-state index contributed by atoms with van der Waals surface area (Å²) in [5.41, 5.74) is 0.301. The Labute approximate surface area is 200 Å². The molecule has 0 radical (unpaired) electrons. The fourth-order valence-corrected chi connectivity index (χ4v) is 4.62. The number of esters is 1. The molecule has 0 atom stereocenters. The zero-order chi connectivity index (χ0) is 23.5. The van der Waals surface area contributed by atoms with Crippen LogP contribution in [0.5, 0.6) is 5.75 Å². The van der Waals surface area contributed by atoms with Crippen molar-refractivity contribution in [2.75, 3.05) is 19.0 Å². The van der Waals surface area contributed by atoms with Crippen molar-refractivity contribution in [3.63, 3.8) is 0 Å². The van der Waals surface area contributed by atoms with Gasteiger partial charge in [-0.05, 0) is 47.1 Å². The maximum atomic E-state index is 13.5. The average Bonchev–Trinajstić information content (AvgIpc) is 3.23. The minimum atomic E-state index is -0.666. The standard InChI is InChI=1S/C23H18BrN3O5S/c1-3-32-23(30)19-16-12-33-21(25-20(28)15-9-4-5-10-17(15)24)18(16)22(29)27(26-19)13-7-6-8-14(11-13)31-2/h4-12H,3H2,1-2H3,(H,25,28). The van der Waals surface area contributed by atoms with Crippen LogP contribution >= 0.6 is 27.3 Å². The first-order chi connectivity index (χ1) is 15.9. The predicted octanol–water partition coefficient (Wildman–Crippen LogP) is 4.65. The molecule has 0 unspecified atom stereocenters. The van der Waals surface area contributed by atoms with Crippen LogP contribution in [0.25, 0.3) is 16.5 Å². The van der Waals surface area contributed by atoms with E-state index in [2.05, 4.69) is 26.3 Å². The van der Waals surface area contributed by atoms with Crippen LogP contribution < -0.4 is 15.6 Å². The topological polar surface area (TPSA) is 99.5 Å². The Hall–Kier alpha value is -3.50. The molecule has 1 N–H and O–H groups in total. The molecule has 2 aromatic heterocycles. The van der Waals surface area contributed by atoms with Crippen LogP contribution in [0.2, 0.25) is 0 Å². The van der Waals surface area contributed by atoms with Crippen molar-refractivity contribution >= 4 is 54.9 Å². The zero-order valence-corrected chi connectivity index (χ0v) is 20.0. The summed E-state index contributed by atoms with van der Waals surface area (Å²) in [6.45, 7) is 1.83. The summed E-state index contributed by atoms with van der Waals surface area (Å²) in [4.78, 5) is 39.0. The van der Waals surface area contributed by atoms with Gasteiger partial charge in [-0.15, -0.1) is 11.3 Å². The van der Waals surface area contributed by atoms with Gasteiger partial charge in [0.1, 0.15) is 10.8 Å². The molecular formula is C23H18BrN3O5S. The fraction of sp³-hybridized carbons (Fsp3) is 0.130. The largest absolute Gasteiger partial charge is 0.497 e. The van der Waals surface area contributed by atoms with Gasteiger partial charge in [0, 0.05) is 21.3 Å². The van der Waals surface area contributed by atoms with Crippen LogP contribution in [0, 0.1) is 0 Å². The number of carbonyl (C=O) groups excluding carboxylic acids is 2. The van der Waals surface area contributed by atoms with Crippen molar-refractivity contribution < 1.29 is 19.1 Å². The quantitative estimate of drug-likeness (QED) is 0.366. The van der Waals surface area contributed by atoms with Gasteiger partial charge in [0.25, 0.3) is 11.5 Å². The van der Waals surface area contributed by atoms with Crippen molar-refractivity contribution in [1.29, 1.82) is 0 Å². The molecule has 0 saturated heterocycles. The van der Waals surface area contributed by atoms with E-state index >= 15 is 0 Å². The highest BCUT2D eigenvalue weighted by Crippen LogP contribution is 2.31. The number of anilines is 1. The first-order valence-electron chi connectivity index (χ1n) is 9.86. The molecule has 0 saturated carbocycles. The number of benzene rings is 2. The van der Waals surface area contributed by atoms with E-state index in [9.17, 15) is 14.4 Å². The lowest BCUT2D eigenvalue weighted by Gasteiger charge is -2.11. The predicted molar refractivity (Wildman–Crippen MR) is 130 cm³/mol. The third-order valence-corrected chi connectivity index (χ3v) is 6.35. The molecule has 0 fully saturated rings. The Morgan fingerprint density at radius 1 is 1.18 bits per heavy atom. The van der Waals surface area contributed by atoms with E-state index in [1.54, 1.807) is 60.8 Å². The number of nitrogens with one attached hydrogen (secondary N) is 1. The molecule has 33 heavy (non-hydrogen) atoms. The van der Waals surface area contributed by atoms with Crippen molar-refractivity contribution in [2.24, 2.45) is 0 Å². The van der Waals surface area contributed by atoms with E-state index in [0.717, 1.165) is 16.0 Å². The lowest BCUT2D eigenvalue weighted by molar-refractivity contribution is 0.0520. The van der Waals surface area contributed by atoms with Gasteiger partial charge >= 0.3 is 5.97 Å². The van der Waals surface area contributed by atoms with Crippen LogP contribution in [-0.4, -0.2) is 35.4 Å². The highest BCUT2D eigenvalue weighted by Gasteiger charge is 2.23. The Kier molecular flexibility index (Phi) is 6.57. The average molecular weight is 528 g/mol. The molecule has 2 aromatic carbocycles. The van der Waals surface area contributed by atoms with E-state index in [-0.39, 0.29) is 17.7 Å². The molecule has 0 aliphatic rings.